The number of hydrogen-bond acceptors (Lipinski definition) is 3. The highest BCUT2D eigenvalue weighted by Crippen LogP contribution is 2.33. The third kappa shape index (κ3) is 2.57. The van der Waals surface area contributed by atoms with Crippen molar-refractivity contribution in [3.8, 4) is 0 Å². The second-order valence-corrected chi connectivity index (χ2v) is 5.61. The fourth-order valence-electron chi connectivity index (χ4n) is 2.30. The minimum Gasteiger partial charge on any atom is -0.389 e. The number of anilines is 1. The lowest BCUT2D eigenvalue weighted by atomic mass is 10.1. The molecule has 1 amide bonds. The Morgan fingerprint density at radius 3 is 2.74 bits per heavy atom. The monoisotopic (exact) mass is 345 g/mol. The highest BCUT2D eigenvalue weighted by molar-refractivity contribution is 9.10. The zero-order valence-corrected chi connectivity index (χ0v) is 12.4. The van der Waals surface area contributed by atoms with Gasteiger partial charge in [-0.3, -0.25) is 4.79 Å². The summed E-state index contributed by atoms with van der Waals surface area (Å²) < 4.78 is 14.6. The normalized spacial score (nSPS) is 18.6. The predicted molar refractivity (Wildman–Crippen MR) is 79.5 cm³/mol. The molecule has 2 rings (SSSR count). The lowest BCUT2D eigenvalue weighted by molar-refractivity contribution is -0.119. The summed E-state index contributed by atoms with van der Waals surface area (Å²) in [5, 5.41) is 0. The van der Waals surface area contributed by atoms with Crippen molar-refractivity contribution in [1.82, 2.24) is 0 Å². The Labute approximate surface area is 124 Å². The Hall–Kier alpha value is -1.21. The molecule has 0 aliphatic carbocycles. The van der Waals surface area contributed by atoms with E-state index in [1.807, 2.05) is 0 Å². The Balaban J connectivity index is 2.44. The van der Waals surface area contributed by atoms with Gasteiger partial charge in [0.25, 0.3) is 0 Å². The first-order valence-electron chi connectivity index (χ1n) is 5.77. The molecule has 4 N–H and O–H groups in total. The van der Waals surface area contributed by atoms with E-state index in [1.54, 1.807) is 17.0 Å². The third-order valence-electron chi connectivity index (χ3n) is 3.22. The van der Waals surface area contributed by atoms with Crippen LogP contribution in [0.3, 0.4) is 0 Å². The molecule has 19 heavy (non-hydrogen) atoms. The second kappa shape index (κ2) is 5.42. The van der Waals surface area contributed by atoms with Gasteiger partial charge in [0.1, 0.15) is 11.0 Å². The van der Waals surface area contributed by atoms with Crippen LogP contribution in [0.1, 0.15) is 18.4 Å². The van der Waals surface area contributed by atoms with Crippen molar-refractivity contribution < 1.29 is 9.18 Å². The molecule has 1 saturated heterocycles. The van der Waals surface area contributed by atoms with Gasteiger partial charge in [-0.2, -0.15) is 0 Å². The maximum Gasteiger partial charge on any atom is 0.240 e. The van der Waals surface area contributed by atoms with Crippen molar-refractivity contribution in [3.63, 3.8) is 0 Å². The number of hydrogen-bond donors (Lipinski definition) is 2. The van der Waals surface area contributed by atoms with E-state index in [0.29, 0.717) is 24.2 Å². The summed E-state index contributed by atoms with van der Waals surface area (Å²) in [5.41, 5.74) is 11.6. The van der Waals surface area contributed by atoms with Gasteiger partial charge in [-0.05, 0) is 40.9 Å². The van der Waals surface area contributed by atoms with Crippen LogP contribution in [0.2, 0.25) is 0 Å². The summed E-state index contributed by atoms with van der Waals surface area (Å²) in [4.78, 5) is 13.2. The molecule has 0 spiro atoms. The van der Waals surface area contributed by atoms with Crippen LogP contribution in [0.5, 0.6) is 0 Å². The average Bonchev–Trinajstić information content (AvgIpc) is 2.81. The van der Waals surface area contributed by atoms with Crippen molar-refractivity contribution >= 4 is 44.7 Å². The second-order valence-electron chi connectivity index (χ2n) is 4.38. The summed E-state index contributed by atoms with van der Waals surface area (Å²) >= 11 is 8.00. The minimum atomic E-state index is -0.474. The quantitative estimate of drug-likeness (QED) is 0.817. The molecule has 0 saturated carbocycles. The van der Waals surface area contributed by atoms with E-state index in [-0.39, 0.29) is 9.46 Å². The summed E-state index contributed by atoms with van der Waals surface area (Å²) in [5.74, 6) is -0.912. The van der Waals surface area contributed by atoms with Gasteiger partial charge in [0.05, 0.1) is 10.2 Å². The number of benzene rings is 1. The van der Waals surface area contributed by atoms with Crippen LogP contribution in [0.15, 0.2) is 16.6 Å². The molecule has 1 unspecified atom stereocenters. The molecule has 1 atom stereocenters. The van der Waals surface area contributed by atoms with Crippen molar-refractivity contribution in [3.05, 3.63) is 28.0 Å². The van der Waals surface area contributed by atoms with Gasteiger partial charge < -0.3 is 16.4 Å². The molecule has 7 heteroatoms. The van der Waals surface area contributed by atoms with Gasteiger partial charge in [-0.1, -0.05) is 12.2 Å². The van der Waals surface area contributed by atoms with Gasteiger partial charge in [0.15, 0.2) is 5.82 Å². The third-order valence-corrected chi connectivity index (χ3v) is 4.21. The molecular weight excluding hydrogens is 333 g/mol. The smallest absolute Gasteiger partial charge is 0.240 e. The van der Waals surface area contributed by atoms with Gasteiger partial charge in [0.2, 0.25) is 5.91 Å². The van der Waals surface area contributed by atoms with Crippen LogP contribution in [0, 0.1) is 5.82 Å². The first-order chi connectivity index (χ1) is 8.93. The van der Waals surface area contributed by atoms with Gasteiger partial charge in [-0.25, -0.2) is 4.39 Å². The highest BCUT2D eigenvalue weighted by Gasteiger charge is 2.31. The maximum atomic E-state index is 14.4. The Morgan fingerprint density at radius 2 is 2.16 bits per heavy atom. The lowest BCUT2D eigenvalue weighted by Crippen LogP contribution is -2.40. The number of amides is 1. The summed E-state index contributed by atoms with van der Waals surface area (Å²) in [6.07, 6.45) is 1.45. The van der Waals surface area contributed by atoms with Crippen LogP contribution in [0.25, 0.3) is 0 Å². The fourth-order valence-corrected chi connectivity index (χ4v) is 3.15. The number of carbonyl (C=O) groups excluding carboxylic acids is 1. The number of halogens is 2. The van der Waals surface area contributed by atoms with Crippen molar-refractivity contribution in [2.75, 3.05) is 11.4 Å². The van der Waals surface area contributed by atoms with Gasteiger partial charge in [-0.15, -0.1) is 0 Å². The summed E-state index contributed by atoms with van der Waals surface area (Å²) in [7, 11) is 0. The minimum absolute atomic E-state index is 0.116. The Kier molecular flexibility index (Phi) is 4.05. The van der Waals surface area contributed by atoms with E-state index in [9.17, 15) is 9.18 Å². The molecule has 0 radical (unpaired) electrons. The van der Waals surface area contributed by atoms with Crippen LogP contribution in [-0.4, -0.2) is 23.5 Å². The van der Waals surface area contributed by atoms with Gasteiger partial charge in [0, 0.05) is 12.1 Å². The number of nitrogens with two attached hydrogens (primary N) is 2. The van der Waals surface area contributed by atoms with Crippen molar-refractivity contribution in [2.45, 2.75) is 18.9 Å². The molecule has 1 heterocycles. The molecule has 0 bridgehead atoms. The number of rotatable bonds is 3. The highest BCUT2D eigenvalue weighted by atomic mass is 79.9. The molecular formula is C12H13BrFN3OS. The van der Waals surface area contributed by atoms with E-state index in [4.69, 9.17) is 23.7 Å². The molecule has 1 aliphatic rings. The van der Waals surface area contributed by atoms with Crippen LogP contribution in [0.4, 0.5) is 10.1 Å². The molecule has 1 fully saturated rings. The zero-order chi connectivity index (χ0) is 14.2. The molecule has 102 valence electrons. The SMILES string of the molecule is NC(=O)C1CCCN1c1ccc(C(N)=S)c(Br)c1F. The topological polar surface area (TPSA) is 72.4 Å². The first-order valence-corrected chi connectivity index (χ1v) is 6.97. The maximum absolute atomic E-state index is 14.4. The molecule has 0 aromatic heterocycles. The summed E-state index contributed by atoms with van der Waals surface area (Å²) in [6, 6.07) is 2.76. The Morgan fingerprint density at radius 1 is 1.47 bits per heavy atom. The molecule has 1 aliphatic heterocycles. The van der Waals surface area contributed by atoms with E-state index >= 15 is 0 Å². The molecule has 4 nitrogen and oxygen atoms in total. The average molecular weight is 346 g/mol. The zero-order valence-electron chi connectivity index (χ0n) is 10.0. The van der Waals surface area contributed by atoms with Crippen LogP contribution >= 0.6 is 28.1 Å². The number of primary amides is 1. The van der Waals surface area contributed by atoms with Crippen LogP contribution in [-0.2, 0) is 4.79 Å². The number of nitrogens with zero attached hydrogens (tertiary/aromatic N) is 1. The number of carbonyl (C=O) groups is 1. The summed E-state index contributed by atoms with van der Waals surface area (Å²) in [6.45, 7) is 0.601. The van der Waals surface area contributed by atoms with E-state index < -0.39 is 17.8 Å². The molecule has 1 aromatic rings. The first kappa shape index (κ1) is 14.2. The number of thiocarbonyl (C=S) groups is 1. The van der Waals surface area contributed by atoms with Gasteiger partial charge >= 0.3 is 0 Å². The van der Waals surface area contributed by atoms with E-state index in [1.165, 1.54) is 0 Å². The van der Waals surface area contributed by atoms with E-state index in [0.717, 1.165) is 6.42 Å². The van der Waals surface area contributed by atoms with Crippen LogP contribution < -0.4 is 16.4 Å². The predicted octanol–water partition coefficient (Wildman–Crippen LogP) is 1.68. The van der Waals surface area contributed by atoms with Crippen molar-refractivity contribution in [1.29, 1.82) is 0 Å². The van der Waals surface area contributed by atoms with Crippen molar-refractivity contribution in [2.24, 2.45) is 11.5 Å². The molecule has 1 aromatic carbocycles. The van der Waals surface area contributed by atoms with E-state index in [2.05, 4.69) is 15.9 Å². The Bertz CT molecular complexity index is 552. The lowest BCUT2D eigenvalue weighted by Gasteiger charge is -2.25. The standard InChI is InChI=1S/C12H13BrFN3OS/c13-9-6(12(16)19)3-4-7(10(9)14)17-5-1-2-8(17)11(15)18/h3-4,8H,1-2,5H2,(H2,15,18)(H2,16,19). The fraction of sp³-hybridized carbons (Fsp3) is 0.333. The largest absolute Gasteiger partial charge is 0.389 e.